The molecule has 0 spiro atoms. The Morgan fingerprint density at radius 2 is 1.91 bits per heavy atom. The summed E-state index contributed by atoms with van der Waals surface area (Å²) in [6.45, 7) is 0. The lowest BCUT2D eigenvalue weighted by atomic mass is 10.3. The average molecular weight is 379 g/mol. The first-order valence-electron chi connectivity index (χ1n) is 5.87. The number of benzene rings is 1. The summed E-state index contributed by atoms with van der Waals surface area (Å²) in [5.41, 5.74) is -0.270. The van der Waals surface area contributed by atoms with Gasteiger partial charge in [-0.25, -0.2) is 9.37 Å². The third kappa shape index (κ3) is 4.19. The van der Waals surface area contributed by atoms with E-state index in [1.54, 1.807) is 0 Å². The second kappa shape index (κ2) is 7.40. The number of nitrogens with one attached hydrogen (secondary N) is 1. The zero-order chi connectivity index (χ0) is 17.0. The van der Waals surface area contributed by atoms with Crippen LogP contribution in [0.2, 0.25) is 0 Å². The molecule has 0 bridgehead atoms. The molecule has 120 valence electrons. The van der Waals surface area contributed by atoms with Crippen molar-refractivity contribution in [3.63, 3.8) is 0 Å². The minimum atomic E-state index is -0.777. The number of rotatable bonds is 5. The highest BCUT2D eigenvalue weighted by Crippen LogP contribution is 2.29. The van der Waals surface area contributed by atoms with Crippen LogP contribution in [0.25, 0.3) is 5.82 Å². The number of allylic oxidation sites excluding steroid dienone is 1. The molecule has 0 aliphatic heterocycles. The molecule has 0 aliphatic rings. The number of hydrogen-bond donors (Lipinski definition) is 1. The van der Waals surface area contributed by atoms with E-state index in [9.17, 15) is 14.5 Å². The van der Waals surface area contributed by atoms with Crippen LogP contribution in [-0.4, -0.2) is 19.7 Å². The molecule has 2 aromatic rings. The van der Waals surface area contributed by atoms with Crippen LogP contribution in [0.15, 0.2) is 52.1 Å². The predicted molar refractivity (Wildman–Crippen MR) is 84.8 cm³/mol. The van der Waals surface area contributed by atoms with Gasteiger partial charge in [0, 0.05) is 5.69 Å². The summed E-state index contributed by atoms with van der Waals surface area (Å²) in [7, 11) is 0. The van der Waals surface area contributed by atoms with E-state index in [0.717, 1.165) is 4.68 Å². The minimum absolute atomic E-state index is 0.164. The summed E-state index contributed by atoms with van der Waals surface area (Å²) in [5.74, 6) is -0.624. The average Bonchev–Trinajstić information content (AvgIpc) is 3.02. The van der Waals surface area contributed by atoms with Gasteiger partial charge < -0.3 is 5.32 Å². The molecule has 1 aromatic heterocycles. The van der Waals surface area contributed by atoms with Crippen LogP contribution in [0.3, 0.4) is 0 Å². The van der Waals surface area contributed by atoms with Gasteiger partial charge in [0.2, 0.25) is 5.82 Å². The highest BCUT2D eigenvalue weighted by molar-refractivity contribution is 6.59. The summed E-state index contributed by atoms with van der Waals surface area (Å²) >= 11 is 16.9. The van der Waals surface area contributed by atoms with Crippen molar-refractivity contribution in [3.8, 4) is 0 Å². The van der Waals surface area contributed by atoms with Crippen LogP contribution in [-0.2, 0) is 0 Å². The first-order valence-corrected chi connectivity index (χ1v) is 7.01. The quantitative estimate of drug-likeness (QED) is 0.485. The fourth-order valence-corrected chi connectivity index (χ4v) is 1.92. The van der Waals surface area contributed by atoms with Crippen LogP contribution < -0.4 is 5.32 Å². The normalized spacial score (nSPS) is 11.7. The molecule has 0 saturated heterocycles. The second-order valence-electron chi connectivity index (χ2n) is 4.00. The molecule has 0 radical (unpaired) electrons. The molecule has 7 nitrogen and oxygen atoms in total. The van der Waals surface area contributed by atoms with Gasteiger partial charge in [-0.1, -0.05) is 34.8 Å². The standard InChI is InChI=1S/C12H7Cl3FN5O2/c13-9(11(14)15)10(21(22)23)12(20-6-17-5-18-20)19-8-3-1-7(16)2-4-8/h1-6,19H/b12-10+. The molecule has 0 unspecified atom stereocenters. The van der Waals surface area contributed by atoms with E-state index >= 15 is 0 Å². The van der Waals surface area contributed by atoms with Crippen molar-refractivity contribution in [1.29, 1.82) is 0 Å². The Morgan fingerprint density at radius 3 is 2.39 bits per heavy atom. The van der Waals surface area contributed by atoms with Crippen LogP contribution in [0.1, 0.15) is 0 Å². The van der Waals surface area contributed by atoms with Gasteiger partial charge in [-0.3, -0.25) is 10.1 Å². The van der Waals surface area contributed by atoms with Gasteiger partial charge in [-0.05, 0) is 24.3 Å². The molecule has 23 heavy (non-hydrogen) atoms. The lowest BCUT2D eigenvalue weighted by Gasteiger charge is -2.11. The number of halogens is 4. The molecule has 1 N–H and O–H groups in total. The molecule has 0 aliphatic carbocycles. The van der Waals surface area contributed by atoms with Crippen molar-refractivity contribution in [1.82, 2.24) is 14.8 Å². The Hall–Kier alpha value is -2.16. The Morgan fingerprint density at radius 1 is 1.26 bits per heavy atom. The van der Waals surface area contributed by atoms with E-state index < -0.39 is 26.0 Å². The fourth-order valence-electron chi connectivity index (χ4n) is 1.58. The molecule has 0 fully saturated rings. The van der Waals surface area contributed by atoms with Gasteiger partial charge in [0.25, 0.3) is 0 Å². The van der Waals surface area contributed by atoms with Crippen molar-refractivity contribution < 1.29 is 9.31 Å². The lowest BCUT2D eigenvalue weighted by Crippen LogP contribution is -2.15. The maximum atomic E-state index is 13.0. The number of aromatic nitrogens is 3. The lowest BCUT2D eigenvalue weighted by molar-refractivity contribution is -0.419. The fraction of sp³-hybridized carbons (Fsp3) is 0. The largest absolute Gasteiger partial charge is 0.334 e. The van der Waals surface area contributed by atoms with E-state index in [1.165, 1.54) is 36.9 Å². The SMILES string of the molecule is O=[N+]([O-])/C(C(Cl)=C(Cl)Cl)=C(\Nc1ccc(F)cc1)n1cncn1. The Labute approximate surface area is 144 Å². The second-order valence-corrected chi connectivity index (χ2v) is 5.33. The van der Waals surface area contributed by atoms with Crippen molar-refractivity contribution in [2.75, 3.05) is 5.32 Å². The molecule has 0 saturated carbocycles. The van der Waals surface area contributed by atoms with Crippen molar-refractivity contribution in [2.45, 2.75) is 0 Å². The summed E-state index contributed by atoms with van der Waals surface area (Å²) in [4.78, 5) is 14.3. The van der Waals surface area contributed by atoms with Gasteiger partial charge >= 0.3 is 5.70 Å². The Bertz CT molecular complexity index is 771. The van der Waals surface area contributed by atoms with Gasteiger partial charge in [0.1, 0.15) is 23.0 Å². The topological polar surface area (TPSA) is 85.9 Å². The first-order chi connectivity index (χ1) is 10.9. The maximum absolute atomic E-state index is 13.0. The Kier molecular flexibility index (Phi) is 5.54. The van der Waals surface area contributed by atoms with E-state index in [1.807, 2.05) is 0 Å². The third-order valence-electron chi connectivity index (χ3n) is 2.54. The van der Waals surface area contributed by atoms with Crippen molar-refractivity contribution in [2.24, 2.45) is 0 Å². The zero-order valence-corrected chi connectivity index (χ0v) is 13.3. The molecule has 1 heterocycles. The zero-order valence-electron chi connectivity index (χ0n) is 11.1. The minimum Gasteiger partial charge on any atom is -0.334 e. The molecule has 0 amide bonds. The first kappa shape index (κ1) is 17.2. The molecule has 2 rings (SSSR count). The number of nitrogens with zero attached hydrogens (tertiary/aromatic N) is 4. The highest BCUT2D eigenvalue weighted by Gasteiger charge is 2.27. The smallest absolute Gasteiger partial charge is 0.332 e. The van der Waals surface area contributed by atoms with Gasteiger partial charge in [0.15, 0.2) is 5.03 Å². The van der Waals surface area contributed by atoms with Crippen molar-refractivity contribution >= 4 is 46.3 Å². The highest BCUT2D eigenvalue weighted by atomic mass is 35.5. The van der Waals surface area contributed by atoms with Crippen LogP contribution in [0.4, 0.5) is 10.1 Å². The van der Waals surface area contributed by atoms with E-state index in [2.05, 4.69) is 15.4 Å². The summed E-state index contributed by atoms with van der Waals surface area (Å²) in [6, 6.07) is 5.12. The molecule has 0 atom stereocenters. The van der Waals surface area contributed by atoms with Crippen LogP contribution >= 0.6 is 34.8 Å². The van der Waals surface area contributed by atoms with Gasteiger partial charge in [-0.15, -0.1) is 0 Å². The molecular formula is C12H7Cl3FN5O2. The molecular weight excluding hydrogens is 372 g/mol. The molecule has 11 heteroatoms. The van der Waals surface area contributed by atoms with E-state index in [-0.39, 0.29) is 5.82 Å². The summed E-state index contributed by atoms with van der Waals surface area (Å²) in [6.07, 6.45) is 2.38. The number of hydrogen-bond acceptors (Lipinski definition) is 5. The predicted octanol–water partition coefficient (Wildman–Crippen LogP) is 3.82. The number of nitro groups is 1. The molecule has 1 aromatic carbocycles. The van der Waals surface area contributed by atoms with Gasteiger partial charge in [-0.2, -0.15) is 9.78 Å². The Balaban J connectivity index is 2.61. The van der Waals surface area contributed by atoms with Gasteiger partial charge in [0.05, 0.1) is 4.92 Å². The van der Waals surface area contributed by atoms with Crippen LogP contribution in [0, 0.1) is 15.9 Å². The number of anilines is 1. The van der Waals surface area contributed by atoms with E-state index in [0.29, 0.717) is 5.69 Å². The summed E-state index contributed by atoms with van der Waals surface area (Å²) < 4.78 is 13.6. The summed E-state index contributed by atoms with van der Waals surface area (Å²) in [5, 5.41) is 17.4. The third-order valence-corrected chi connectivity index (χ3v) is 3.47. The maximum Gasteiger partial charge on any atom is 0.332 e. The van der Waals surface area contributed by atoms with Crippen LogP contribution in [0.5, 0.6) is 0 Å². The monoisotopic (exact) mass is 377 g/mol. The van der Waals surface area contributed by atoms with E-state index in [4.69, 9.17) is 34.8 Å². The van der Waals surface area contributed by atoms with Crippen molar-refractivity contribution in [3.05, 3.63) is 68.1 Å².